The van der Waals surface area contributed by atoms with Gasteiger partial charge in [0.25, 0.3) is 11.5 Å². The number of carbonyl (C=O) groups is 1. The fraction of sp³-hybridized carbons (Fsp3) is 0.389. The van der Waals surface area contributed by atoms with Crippen LogP contribution >= 0.6 is 0 Å². The first kappa shape index (κ1) is 18.1. The molecule has 2 aromatic rings. The molecule has 8 nitrogen and oxygen atoms in total. The molecule has 138 valence electrons. The molecule has 1 aromatic heterocycles. The van der Waals surface area contributed by atoms with E-state index in [2.05, 4.69) is 10.3 Å². The van der Waals surface area contributed by atoms with Crippen molar-refractivity contribution < 1.29 is 14.3 Å². The minimum atomic E-state index is -0.718. The zero-order valence-electron chi connectivity index (χ0n) is 14.4. The van der Waals surface area contributed by atoms with Gasteiger partial charge in [-0.3, -0.25) is 14.6 Å². The van der Waals surface area contributed by atoms with Crippen LogP contribution in [0.3, 0.4) is 0 Å². The molecule has 8 heteroatoms. The Hall–Kier alpha value is -2.71. The SMILES string of the molecule is Cn1cc(C(=O)N[C@@H]2COCC[C@@H]2OCc2ccccc2)c(=O)[nH]c1=O. The van der Waals surface area contributed by atoms with Crippen LogP contribution in [0.5, 0.6) is 0 Å². The van der Waals surface area contributed by atoms with Crippen LogP contribution in [0, 0.1) is 0 Å². The second-order valence-electron chi connectivity index (χ2n) is 6.19. The molecule has 26 heavy (non-hydrogen) atoms. The van der Waals surface area contributed by atoms with E-state index in [9.17, 15) is 14.4 Å². The topological polar surface area (TPSA) is 102 Å². The van der Waals surface area contributed by atoms with Crippen LogP contribution < -0.4 is 16.6 Å². The van der Waals surface area contributed by atoms with E-state index in [-0.39, 0.29) is 17.7 Å². The molecule has 0 spiro atoms. The zero-order chi connectivity index (χ0) is 18.5. The van der Waals surface area contributed by atoms with Gasteiger partial charge in [0.05, 0.1) is 25.4 Å². The van der Waals surface area contributed by atoms with E-state index < -0.39 is 17.2 Å². The number of rotatable bonds is 5. The van der Waals surface area contributed by atoms with Crippen molar-refractivity contribution in [1.82, 2.24) is 14.9 Å². The summed E-state index contributed by atoms with van der Waals surface area (Å²) in [5, 5.41) is 2.78. The Kier molecular flexibility index (Phi) is 5.65. The highest BCUT2D eigenvalue weighted by Gasteiger charge is 2.29. The van der Waals surface area contributed by atoms with Gasteiger partial charge in [-0.05, 0) is 12.0 Å². The minimum Gasteiger partial charge on any atom is -0.379 e. The molecule has 0 saturated carbocycles. The summed E-state index contributed by atoms with van der Waals surface area (Å²) in [6.07, 6.45) is 1.64. The number of aromatic nitrogens is 2. The molecule has 0 bridgehead atoms. The Balaban J connectivity index is 1.68. The molecule has 1 fully saturated rings. The number of hydrogen-bond donors (Lipinski definition) is 2. The average molecular weight is 359 g/mol. The standard InChI is InChI=1S/C18H21N3O5/c1-21-9-13(17(23)20-18(21)24)16(22)19-14-11-25-8-7-15(14)26-10-12-5-3-2-4-6-12/h2-6,9,14-15H,7-8,10-11H2,1H3,(H,19,22)(H,20,23,24)/t14-,15+/m1/s1. The molecule has 2 atom stereocenters. The maximum Gasteiger partial charge on any atom is 0.328 e. The first-order valence-corrected chi connectivity index (χ1v) is 8.38. The number of benzene rings is 1. The molecule has 2 N–H and O–H groups in total. The van der Waals surface area contributed by atoms with E-state index in [1.807, 2.05) is 30.3 Å². The number of aryl methyl sites for hydroxylation is 1. The first-order valence-electron chi connectivity index (χ1n) is 8.38. The Morgan fingerprint density at radius 2 is 2.12 bits per heavy atom. The van der Waals surface area contributed by atoms with E-state index in [0.717, 1.165) is 10.1 Å². The number of nitrogens with zero attached hydrogens (tertiary/aromatic N) is 1. The van der Waals surface area contributed by atoms with Crippen LogP contribution in [0.25, 0.3) is 0 Å². The number of carbonyl (C=O) groups excluding carboxylic acids is 1. The van der Waals surface area contributed by atoms with Crippen LogP contribution in [0.2, 0.25) is 0 Å². The van der Waals surface area contributed by atoms with Crippen LogP contribution in [0.1, 0.15) is 22.3 Å². The van der Waals surface area contributed by atoms with Gasteiger partial charge >= 0.3 is 5.69 Å². The minimum absolute atomic E-state index is 0.125. The molecule has 2 heterocycles. The summed E-state index contributed by atoms with van der Waals surface area (Å²) in [7, 11) is 1.46. The van der Waals surface area contributed by atoms with E-state index >= 15 is 0 Å². The van der Waals surface area contributed by atoms with Gasteiger partial charge < -0.3 is 19.4 Å². The maximum absolute atomic E-state index is 12.5. The molecule has 0 radical (unpaired) electrons. The lowest BCUT2D eigenvalue weighted by Crippen LogP contribution is -2.51. The van der Waals surface area contributed by atoms with Crippen molar-refractivity contribution in [2.24, 2.45) is 7.05 Å². The quantitative estimate of drug-likeness (QED) is 0.793. The highest BCUT2D eigenvalue weighted by atomic mass is 16.5. The number of ether oxygens (including phenoxy) is 2. The number of nitrogens with one attached hydrogen (secondary N) is 2. The predicted molar refractivity (Wildman–Crippen MR) is 94.0 cm³/mol. The van der Waals surface area contributed by atoms with Crippen molar-refractivity contribution in [3.05, 3.63) is 68.5 Å². The Morgan fingerprint density at radius 1 is 1.35 bits per heavy atom. The lowest BCUT2D eigenvalue weighted by molar-refractivity contribution is -0.0605. The van der Waals surface area contributed by atoms with E-state index in [1.165, 1.54) is 13.2 Å². The third-order valence-electron chi connectivity index (χ3n) is 4.27. The number of amides is 1. The van der Waals surface area contributed by atoms with Gasteiger partial charge in [-0.15, -0.1) is 0 Å². The van der Waals surface area contributed by atoms with Gasteiger partial charge in [-0.25, -0.2) is 4.79 Å². The molecule has 1 aromatic carbocycles. The van der Waals surface area contributed by atoms with Crippen molar-refractivity contribution in [2.45, 2.75) is 25.2 Å². The van der Waals surface area contributed by atoms with Crippen molar-refractivity contribution in [1.29, 1.82) is 0 Å². The lowest BCUT2D eigenvalue weighted by Gasteiger charge is -2.32. The summed E-state index contributed by atoms with van der Waals surface area (Å²) < 4.78 is 12.5. The number of hydrogen-bond acceptors (Lipinski definition) is 5. The van der Waals surface area contributed by atoms with Crippen LogP contribution in [-0.4, -0.2) is 40.8 Å². The summed E-state index contributed by atoms with van der Waals surface area (Å²) in [5.74, 6) is -0.564. The Morgan fingerprint density at radius 3 is 2.88 bits per heavy atom. The van der Waals surface area contributed by atoms with Gasteiger partial charge in [-0.1, -0.05) is 30.3 Å². The fourth-order valence-electron chi connectivity index (χ4n) is 2.80. The van der Waals surface area contributed by atoms with Crippen LogP contribution in [-0.2, 0) is 23.1 Å². The van der Waals surface area contributed by atoms with Crippen molar-refractivity contribution in [3.8, 4) is 0 Å². The van der Waals surface area contributed by atoms with Gasteiger partial charge in [0.15, 0.2) is 0 Å². The van der Waals surface area contributed by atoms with Gasteiger partial charge in [-0.2, -0.15) is 0 Å². The highest BCUT2D eigenvalue weighted by Crippen LogP contribution is 2.15. The highest BCUT2D eigenvalue weighted by molar-refractivity contribution is 5.93. The van der Waals surface area contributed by atoms with E-state index in [4.69, 9.17) is 9.47 Å². The lowest BCUT2D eigenvalue weighted by atomic mass is 10.1. The summed E-state index contributed by atoms with van der Waals surface area (Å²) in [6, 6.07) is 9.37. The summed E-state index contributed by atoms with van der Waals surface area (Å²) in [4.78, 5) is 37.9. The molecule has 1 amide bonds. The van der Waals surface area contributed by atoms with Crippen LogP contribution in [0.4, 0.5) is 0 Å². The Labute approximate surface area is 149 Å². The van der Waals surface area contributed by atoms with Crippen LogP contribution in [0.15, 0.2) is 46.1 Å². The molecule has 1 saturated heterocycles. The largest absolute Gasteiger partial charge is 0.379 e. The molecular weight excluding hydrogens is 338 g/mol. The van der Waals surface area contributed by atoms with Gasteiger partial charge in [0, 0.05) is 19.9 Å². The molecule has 1 aliphatic rings. The number of aromatic amines is 1. The van der Waals surface area contributed by atoms with E-state index in [1.54, 1.807) is 0 Å². The first-order chi connectivity index (χ1) is 12.5. The monoisotopic (exact) mass is 359 g/mol. The predicted octanol–water partition coefficient (Wildman–Crippen LogP) is 0.178. The average Bonchev–Trinajstić information content (AvgIpc) is 2.64. The maximum atomic E-state index is 12.5. The summed E-state index contributed by atoms with van der Waals surface area (Å²) in [5.41, 5.74) is -0.376. The van der Waals surface area contributed by atoms with Crippen molar-refractivity contribution >= 4 is 5.91 Å². The van der Waals surface area contributed by atoms with Gasteiger partial charge in [0.2, 0.25) is 0 Å². The molecule has 0 aliphatic carbocycles. The Bertz CT molecular complexity index is 874. The second kappa shape index (κ2) is 8.11. The second-order valence-corrected chi connectivity index (χ2v) is 6.19. The van der Waals surface area contributed by atoms with Crippen molar-refractivity contribution in [2.75, 3.05) is 13.2 Å². The molecule has 1 aliphatic heterocycles. The van der Waals surface area contributed by atoms with Gasteiger partial charge in [0.1, 0.15) is 5.56 Å². The van der Waals surface area contributed by atoms with E-state index in [0.29, 0.717) is 26.2 Å². The normalized spacial score (nSPS) is 19.9. The number of H-pyrrole nitrogens is 1. The summed E-state index contributed by atoms with van der Waals surface area (Å²) >= 11 is 0. The zero-order valence-corrected chi connectivity index (χ0v) is 14.4. The van der Waals surface area contributed by atoms with Crippen molar-refractivity contribution in [3.63, 3.8) is 0 Å². The smallest absolute Gasteiger partial charge is 0.328 e. The third-order valence-corrected chi connectivity index (χ3v) is 4.27. The third kappa shape index (κ3) is 4.27. The molecular formula is C18H21N3O5. The molecule has 0 unspecified atom stereocenters. The summed E-state index contributed by atoms with van der Waals surface area (Å²) in [6.45, 7) is 1.28. The molecule has 3 rings (SSSR count). The fourth-order valence-corrected chi connectivity index (χ4v) is 2.80.